The van der Waals surface area contributed by atoms with Gasteiger partial charge < -0.3 is 0 Å². The number of aryl methyl sites for hydroxylation is 5. The maximum Gasteiger partial charge on any atom is 0.167 e. The van der Waals surface area contributed by atoms with Crippen LogP contribution in [0, 0.1) is 20.8 Å². The molecule has 0 bridgehead atoms. The Kier molecular flexibility index (Phi) is 3.56. The summed E-state index contributed by atoms with van der Waals surface area (Å²) < 4.78 is 4.22. The van der Waals surface area contributed by atoms with Crippen molar-refractivity contribution in [1.29, 1.82) is 0 Å². The summed E-state index contributed by atoms with van der Waals surface area (Å²) in [5.41, 5.74) is 5.79. The third kappa shape index (κ3) is 2.32. The van der Waals surface area contributed by atoms with Crippen molar-refractivity contribution in [3.8, 4) is 5.82 Å². The second-order valence-corrected chi connectivity index (χ2v) is 6.38. The van der Waals surface area contributed by atoms with Gasteiger partial charge in [0, 0.05) is 19.0 Å². The maximum atomic E-state index is 4.94. The summed E-state index contributed by atoms with van der Waals surface area (Å²) >= 11 is 0. The highest BCUT2D eigenvalue weighted by molar-refractivity contribution is 5.78. The lowest BCUT2D eigenvalue weighted by molar-refractivity contribution is 0.864. The lowest BCUT2D eigenvalue weighted by atomic mass is 10.3. The van der Waals surface area contributed by atoms with E-state index in [-0.39, 0.29) is 0 Å². The van der Waals surface area contributed by atoms with E-state index >= 15 is 0 Å². The first-order valence-electron chi connectivity index (χ1n) is 8.74. The monoisotopic (exact) mass is 334 g/mol. The number of aromatic nitrogens is 6. The summed E-state index contributed by atoms with van der Waals surface area (Å²) in [4.78, 5) is 19.0. The van der Waals surface area contributed by atoms with Gasteiger partial charge in [0.25, 0.3) is 0 Å². The zero-order valence-electron chi connectivity index (χ0n) is 15.3. The van der Waals surface area contributed by atoms with Crippen LogP contribution in [0.5, 0.6) is 0 Å². The molecular weight excluding hydrogens is 312 g/mol. The molecule has 0 saturated carbocycles. The largest absolute Gasteiger partial charge is 0.288 e. The van der Waals surface area contributed by atoms with Gasteiger partial charge in [-0.1, -0.05) is 13.8 Å². The van der Waals surface area contributed by atoms with E-state index < -0.39 is 0 Å². The van der Waals surface area contributed by atoms with Gasteiger partial charge in [0.05, 0.1) is 22.6 Å². The van der Waals surface area contributed by atoms with Gasteiger partial charge in [-0.3, -0.25) is 8.97 Å². The second kappa shape index (κ2) is 5.65. The Morgan fingerprint density at radius 3 is 2.28 bits per heavy atom. The van der Waals surface area contributed by atoms with Crippen LogP contribution in [-0.4, -0.2) is 28.9 Å². The van der Waals surface area contributed by atoms with Crippen LogP contribution in [0.3, 0.4) is 0 Å². The first-order valence-corrected chi connectivity index (χ1v) is 8.74. The summed E-state index contributed by atoms with van der Waals surface area (Å²) in [5, 5.41) is 0. The molecule has 4 heterocycles. The zero-order chi connectivity index (χ0) is 17.7. The highest BCUT2D eigenvalue weighted by Gasteiger charge is 2.16. The highest BCUT2D eigenvalue weighted by atomic mass is 15.2. The van der Waals surface area contributed by atoms with Gasteiger partial charge in [0.15, 0.2) is 5.65 Å². The molecule has 4 aromatic heterocycles. The number of hydrogen-bond acceptors (Lipinski definition) is 4. The van der Waals surface area contributed by atoms with Crippen LogP contribution in [-0.2, 0) is 12.8 Å². The minimum Gasteiger partial charge on any atom is -0.288 e. The van der Waals surface area contributed by atoms with Crippen molar-refractivity contribution in [3.63, 3.8) is 0 Å². The molecule has 0 amide bonds. The van der Waals surface area contributed by atoms with Crippen LogP contribution < -0.4 is 0 Å². The number of rotatable bonds is 3. The normalized spacial score (nSPS) is 11.7. The molecule has 4 aromatic rings. The molecule has 0 spiro atoms. The summed E-state index contributed by atoms with van der Waals surface area (Å²) in [5.74, 6) is 2.90. The van der Waals surface area contributed by atoms with Crippen LogP contribution in [0.4, 0.5) is 0 Å². The molecule has 128 valence electrons. The van der Waals surface area contributed by atoms with Gasteiger partial charge in [-0.25, -0.2) is 19.9 Å². The predicted octanol–water partition coefficient (Wildman–Crippen LogP) is 3.51. The van der Waals surface area contributed by atoms with Gasteiger partial charge in [-0.15, -0.1) is 0 Å². The van der Waals surface area contributed by atoms with Gasteiger partial charge in [0.2, 0.25) is 0 Å². The van der Waals surface area contributed by atoms with Crippen molar-refractivity contribution < 1.29 is 0 Å². The Labute approximate surface area is 146 Å². The van der Waals surface area contributed by atoms with Crippen molar-refractivity contribution in [2.24, 2.45) is 0 Å². The molecule has 0 unspecified atom stereocenters. The third-order valence-corrected chi connectivity index (χ3v) is 4.58. The smallest absolute Gasteiger partial charge is 0.167 e. The SMILES string of the molecule is CCc1nc(C)cn1-c1ccc2nc(C)c3c(C)nc(CC)n3c2n1. The molecule has 6 nitrogen and oxygen atoms in total. The number of nitrogens with zero attached hydrogens (tertiary/aromatic N) is 6. The van der Waals surface area contributed by atoms with E-state index in [0.717, 1.165) is 64.1 Å². The number of pyridine rings is 1. The Balaban J connectivity index is 2.08. The number of fused-ring (bicyclic) bond motifs is 3. The fourth-order valence-electron chi connectivity index (χ4n) is 3.52. The van der Waals surface area contributed by atoms with E-state index in [9.17, 15) is 0 Å². The van der Waals surface area contributed by atoms with E-state index in [1.807, 2.05) is 39.1 Å². The molecule has 0 aliphatic carbocycles. The molecule has 0 radical (unpaired) electrons. The molecule has 0 aliphatic rings. The molecule has 0 fully saturated rings. The van der Waals surface area contributed by atoms with Crippen molar-refractivity contribution >= 4 is 16.7 Å². The minimum absolute atomic E-state index is 0.851. The number of hydrogen-bond donors (Lipinski definition) is 0. The molecule has 0 aliphatic heterocycles. The molecular formula is C19H22N6. The molecule has 0 aromatic carbocycles. The van der Waals surface area contributed by atoms with Crippen molar-refractivity contribution in [1.82, 2.24) is 28.9 Å². The van der Waals surface area contributed by atoms with Gasteiger partial charge >= 0.3 is 0 Å². The fourth-order valence-corrected chi connectivity index (χ4v) is 3.52. The highest BCUT2D eigenvalue weighted by Crippen LogP contribution is 2.23. The van der Waals surface area contributed by atoms with E-state index in [1.165, 1.54) is 0 Å². The van der Waals surface area contributed by atoms with Crippen LogP contribution in [0.1, 0.15) is 42.6 Å². The van der Waals surface area contributed by atoms with Gasteiger partial charge in [0.1, 0.15) is 23.0 Å². The zero-order valence-corrected chi connectivity index (χ0v) is 15.3. The molecule has 6 heteroatoms. The predicted molar refractivity (Wildman–Crippen MR) is 98.4 cm³/mol. The topological polar surface area (TPSA) is 60.9 Å². The first-order chi connectivity index (χ1) is 12.0. The Morgan fingerprint density at radius 2 is 1.56 bits per heavy atom. The van der Waals surface area contributed by atoms with E-state index in [0.29, 0.717) is 0 Å². The summed E-state index contributed by atoms with van der Waals surface area (Å²) in [6.45, 7) is 10.3. The average Bonchev–Trinajstić information content (AvgIpc) is 3.15. The standard InChI is InChI=1S/C19H22N6/c1-6-15-20-11(3)10-24(15)17-9-8-14-19(23-17)25-16(7-2)22-13(5)18(25)12(4)21-14/h8-10H,6-7H2,1-5H3. The van der Waals surface area contributed by atoms with Crippen molar-refractivity contribution in [2.75, 3.05) is 0 Å². The summed E-state index contributed by atoms with van der Waals surface area (Å²) in [6.07, 6.45) is 3.75. The Bertz CT molecular complexity index is 1100. The summed E-state index contributed by atoms with van der Waals surface area (Å²) in [6, 6.07) is 4.05. The van der Waals surface area contributed by atoms with Crippen molar-refractivity contribution in [2.45, 2.75) is 47.5 Å². The molecule has 25 heavy (non-hydrogen) atoms. The van der Waals surface area contributed by atoms with E-state index in [1.54, 1.807) is 0 Å². The quantitative estimate of drug-likeness (QED) is 0.575. The minimum atomic E-state index is 0.851. The van der Waals surface area contributed by atoms with Crippen LogP contribution in [0.2, 0.25) is 0 Å². The molecule has 4 rings (SSSR count). The third-order valence-electron chi connectivity index (χ3n) is 4.58. The Hall–Kier alpha value is -2.76. The fraction of sp³-hybridized carbons (Fsp3) is 0.368. The maximum absolute atomic E-state index is 4.94. The average molecular weight is 334 g/mol. The lowest BCUT2D eigenvalue weighted by Gasteiger charge is -2.10. The van der Waals surface area contributed by atoms with E-state index in [2.05, 4.69) is 27.8 Å². The summed E-state index contributed by atoms with van der Waals surface area (Å²) in [7, 11) is 0. The van der Waals surface area contributed by atoms with E-state index in [4.69, 9.17) is 15.0 Å². The first kappa shape index (κ1) is 15.7. The van der Waals surface area contributed by atoms with Gasteiger partial charge in [-0.05, 0) is 32.9 Å². The lowest BCUT2D eigenvalue weighted by Crippen LogP contribution is -2.06. The van der Waals surface area contributed by atoms with Crippen molar-refractivity contribution in [3.05, 3.63) is 47.1 Å². The van der Waals surface area contributed by atoms with Gasteiger partial charge in [-0.2, -0.15) is 0 Å². The molecule has 0 saturated heterocycles. The molecule has 0 atom stereocenters. The molecule has 0 N–H and O–H groups in total. The second-order valence-electron chi connectivity index (χ2n) is 6.38. The number of imidazole rings is 2. The van der Waals surface area contributed by atoms with Crippen LogP contribution in [0.25, 0.3) is 22.5 Å². The van der Waals surface area contributed by atoms with Crippen LogP contribution in [0.15, 0.2) is 18.3 Å². The Morgan fingerprint density at radius 1 is 0.840 bits per heavy atom. The van der Waals surface area contributed by atoms with Crippen LogP contribution >= 0.6 is 0 Å².